The predicted octanol–water partition coefficient (Wildman–Crippen LogP) is 3.29. The summed E-state index contributed by atoms with van der Waals surface area (Å²) >= 11 is 0. The molecule has 3 heterocycles. The molecule has 1 saturated heterocycles. The molecule has 5 rings (SSSR count). The lowest BCUT2D eigenvalue weighted by atomic mass is 10.0. The van der Waals surface area contributed by atoms with Gasteiger partial charge in [-0.1, -0.05) is 67.6 Å². The Bertz CT molecular complexity index is 1420. The summed E-state index contributed by atoms with van der Waals surface area (Å²) in [5.41, 5.74) is 2.42. The molecule has 0 aliphatic carbocycles. The van der Waals surface area contributed by atoms with E-state index in [1.807, 2.05) is 41.1 Å². The molecule has 0 spiro atoms. The maximum atomic E-state index is 13.2. The van der Waals surface area contributed by atoms with Gasteiger partial charge in [0.1, 0.15) is 11.9 Å². The van der Waals surface area contributed by atoms with Gasteiger partial charge in [-0.15, -0.1) is 0 Å². The summed E-state index contributed by atoms with van der Waals surface area (Å²) in [7, 11) is 3.19. The molecule has 36 heavy (non-hydrogen) atoms. The number of hydrogen-bond donors (Lipinski definition) is 0. The summed E-state index contributed by atoms with van der Waals surface area (Å²) in [6.45, 7) is 3.51. The largest absolute Gasteiger partial charge is 0.364 e. The molecule has 0 radical (unpaired) electrons. The fraction of sp³-hybridized carbons (Fsp3) is 0.393. The number of aromatic nitrogens is 4. The first-order valence-electron chi connectivity index (χ1n) is 12.7. The lowest BCUT2D eigenvalue weighted by Gasteiger charge is -2.37. The Morgan fingerprint density at radius 3 is 2.22 bits per heavy atom. The summed E-state index contributed by atoms with van der Waals surface area (Å²) in [4.78, 5) is 30.5. The molecule has 0 bridgehead atoms. The van der Waals surface area contributed by atoms with E-state index in [1.54, 1.807) is 7.05 Å². The van der Waals surface area contributed by atoms with Crippen molar-refractivity contribution in [3.63, 3.8) is 0 Å². The first kappa shape index (κ1) is 24.1. The van der Waals surface area contributed by atoms with Crippen LogP contribution in [0, 0.1) is 0 Å². The van der Waals surface area contributed by atoms with E-state index in [9.17, 15) is 9.59 Å². The maximum absolute atomic E-state index is 13.2. The highest BCUT2D eigenvalue weighted by atomic mass is 16.5. The molecule has 0 N–H and O–H groups in total. The molecule has 4 aromatic rings. The second-order valence-electron chi connectivity index (χ2n) is 9.48. The van der Waals surface area contributed by atoms with Gasteiger partial charge < -0.3 is 9.75 Å². The summed E-state index contributed by atoms with van der Waals surface area (Å²) in [5, 5.41) is 2.17. The average Bonchev–Trinajstić information content (AvgIpc) is 3.30. The van der Waals surface area contributed by atoms with Crippen molar-refractivity contribution in [3.05, 3.63) is 98.5 Å². The van der Waals surface area contributed by atoms with E-state index in [-0.39, 0.29) is 23.5 Å². The average molecular weight is 488 g/mol. The first-order chi connectivity index (χ1) is 17.5. The van der Waals surface area contributed by atoms with Crippen LogP contribution in [0.3, 0.4) is 0 Å². The molecular weight excluding hydrogens is 454 g/mol. The van der Waals surface area contributed by atoms with E-state index in [4.69, 9.17) is 9.72 Å². The Balaban J connectivity index is 1.52. The number of aryl methyl sites for hydroxylation is 2. The highest BCUT2D eigenvalue weighted by molar-refractivity contribution is 5.71. The van der Waals surface area contributed by atoms with Crippen LogP contribution >= 0.6 is 0 Å². The zero-order chi connectivity index (χ0) is 25.2. The Hall–Kier alpha value is -3.65. The topological polar surface area (TPSA) is 74.3 Å². The van der Waals surface area contributed by atoms with Crippen molar-refractivity contribution in [2.75, 3.05) is 18.1 Å². The number of ether oxygens (including phenoxy) is 1. The van der Waals surface area contributed by atoms with Gasteiger partial charge >= 0.3 is 5.69 Å². The monoisotopic (exact) mass is 487 g/mol. The fourth-order valence-corrected chi connectivity index (χ4v) is 5.13. The minimum absolute atomic E-state index is 0.0347. The second-order valence-corrected chi connectivity index (χ2v) is 9.48. The molecule has 188 valence electrons. The fourth-order valence-electron chi connectivity index (χ4n) is 5.13. The van der Waals surface area contributed by atoms with E-state index >= 15 is 0 Å². The van der Waals surface area contributed by atoms with Crippen LogP contribution in [-0.4, -0.2) is 38.0 Å². The molecule has 8 heteroatoms. The van der Waals surface area contributed by atoms with Crippen LogP contribution in [0.2, 0.25) is 0 Å². The van der Waals surface area contributed by atoms with E-state index in [0.717, 1.165) is 47.3 Å². The van der Waals surface area contributed by atoms with E-state index < -0.39 is 0 Å². The van der Waals surface area contributed by atoms with Crippen molar-refractivity contribution in [1.82, 2.24) is 18.8 Å². The molecule has 2 aromatic heterocycles. The van der Waals surface area contributed by atoms with Gasteiger partial charge in [0.2, 0.25) is 0 Å². The number of rotatable bonds is 7. The van der Waals surface area contributed by atoms with Gasteiger partial charge in [0.05, 0.1) is 12.6 Å². The van der Waals surface area contributed by atoms with Crippen molar-refractivity contribution in [2.45, 2.75) is 44.8 Å². The quantitative estimate of drug-likeness (QED) is 0.400. The molecular formula is C28H33N5O3. The van der Waals surface area contributed by atoms with Gasteiger partial charge in [0.25, 0.3) is 5.56 Å². The van der Waals surface area contributed by atoms with Crippen molar-refractivity contribution < 1.29 is 4.74 Å². The van der Waals surface area contributed by atoms with Crippen LogP contribution in [0.5, 0.6) is 0 Å². The van der Waals surface area contributed by atoms with Crippen molar-refractivity contribution in [2.24, 2.45) is 14.1 Å². The smallest absolute Gasteiger partial charge is 0.332 e. The minimum Gasteiger partial charge on any atom is -0.364 e. The van der Waals surface area contributed by atoms with Gasteiger partial charge in [-0.2, -0.15) is 0 Å². The number of benzene rings is 2. The van der Waals surface area contributed by atoms with Crippen LogP contribution in [0.4, 0.5) is 0 Å². The van der Waals surface area contributed by atoms with E-state index in [1.165, 1.54) is 11.6 Å². The van der Waals surface area contributed by atoms with Crippen molar-refractivity contribution in [1.29, 1.82) is 0 Å². The van der Waals surface area contributed by atoms with Gasteiger partial charge in [0, 0.05) is 27.1 Å². The zero-order valence-corrected chi connectivity index (χ0v) is 21.1. The lowest BCUT2D eigenvalue weighted by Crippen LogP contribution is -2.48. The normalized spacial score (nSPS) is 16.2. The van der Waals surface area contributed by atoms with Crippen molar-refractivity contribution >= 4 is 11.2 Å². The minimum atomic E-state index is -0.367. The molecule has 2 aromatic carbocycles. The molecule has 0 amide bonds. The second kappa shape index (κ2) is 10.1. The standard InChI is InChI=1S/C28H33N5O3/c1-4-12-23-29-26-24(27(34)31(3)28(35)30(26)2)33(23)32-18-11-17-22(19-32)36-25(20-13-7-5-8-14-20)21-15-9-6-10-16-21/h5-10,13-16,22,25H,4,11-12,17-19H2,1-3H3. The number of fused-ring (bicyclic) bond motifs is 1. The SMILES string of the molecule is CCCc1nc2c(c(=O)n(C)c(=O)n2C)n1N1CCCC(OC(c2ccccc2)c2ccccc2)C1. The molecule has 1 fully saturated rings. The number of imidazole rings is 1. The summed E-state index contributed by atoms with van der Waals surface area (Å²) in [5.74, 6) is 0.800. The van der Waals surface area contributed by atoms with Gasteiger partial charge in [-0.05, 0) is 30.4 Å². The summed E-state index contributed by atoms with van der Waals surface area (Å²) in [6, 6.07) is 20.6. The third kappa shape index (κ3) is 4.37. The molecule has 1 aliphatic heterocycles. The van der Waals surface area contributed by atoms with Crippen LogP contribution in [0.15, 0.2) is 70.3 Å². The number of hydrogen-bond acceptors (Lipinski definition) is 5. The summed E-state index contributed by atoms with van der Waals surface area (Å²) < 4.78 is 11.4. The molecule has 8 nitrogen and oxygen atoms in total. The van der Waals surface area contributed by atoms with Gasteiger partial charge in [-0.3, -0.25) is 13.9 Å². The first-order valence-corrected chi connectivity index (χ1v) is 12.7. The Labute approximate surface area is 210 Å². The molecule has 1 unspecified atom stereocenters. The molecule has 1 aliphatic rings. The van der Waals surface area contributed by atoms with Gasteiger partial charge in [-0.25, -0.2) is 14.5 Å². The maximum Gasteiger partial charge on any atom is 0.332 e. The third-order valence-corrected chi connectivity index (χ3v) is 6.95. The van der Waals surface area contributed by atoms with E-state index in [2.05, 4.69) is 36.2 Å². The Kier molecular flexibility index (Phi) is 6.78. The predicted molar refractivity (Wildman–Crippen MR) is 141 cm³/mol. The zero-order valence-electron chi connectivity index (χ0n) is 21.1. The van der Waals surface area contributed by atoms with Crippen LogP contribution < -0.4 is 16.3 Å². The molecule has 1 atom stereocenters. The Morgan fingerprint density at radius 2 is 1.61 bits per heavy atom. The van der Waals surface area contributed by atoms with Crippen LogP contribution in [-0.2, 0) is 25.3 Å². The Morgan fingerprint density at radius 1 is 0.972 bits per heavy atom. The highest BCUT2D eigenvalue weighted by Crippen LogP contribution is 2.30. The van der Waals surface area contributed by atoms with Crippen LogP contribution in [0.1, 0.15) is 49.2 Å². The van der Waals surface area contributed by atoms with Crippen LogP contribution in [0.25, 0.3) is 11.2 Å². The number of nitrogens with zero attached hydrogens (tertiary/aromatic N) is 5. The molecule has 0 saturated carbocycles. The van der Waals surface area contributed by atoms with E-state index in [0.29, 0.717) is 24.1 Å². The van der Waals surface area contributed by atoms with Crippen molar-refractivity contribution in [3.8, 4) is 0 Å². The third-order valence-electron chi connectivity index (χ3n) is 6.95. The van der Waals surface area contributed by atoms with Gasteiger partial charge in [0.15, 0.2) is 11.2 Å². The summed E-state index contributed by atoms with van der Waals surface area (Å²) in [6.07, 6.45) is 3.24. The highest BCUT2D eigenvalue weighted by Gasteiger charge is 2.29. The number of piperidine rings is 1. The lowest BCUT2D eigenvalue weighted by molar-refractivity contribution is -0.00271.